The van der Waals surface area contributed by atoms with Gasteiger partial charge in [-0.05, 0) is 12.1 Å². The van der Waals surface area contributed by atoms with E-state index < -0.39 is 12.1 Å². The molecule has 3 N–H and O–H groups in total. The molecule has 1 rings (SSSR count). The van der Waals surface area contributed by atoms with Gasteiger partial charge in [0.25, 0.3) is 0 Å². The van der Waals surface area contributed by atoms with Crippen molar-refractivity contribution in [3.8, 4) is 5.75 Å². The van der Waals surface area contributed by atoms with Crippen molar-refractivity contribution >= 4 is 12.1 Å². The van der Waals surface area contributed by atoms with Gasteiger partial charge in [0.1, 0.15) is 5.75 Å². The van der Waals surface area contributed by atoms with Crippen LogP contribution in [0.2, 0.25) is 0 Å². The summed E-state index contributed by atoms with van der Waals surface area (Å²) in [5.74, 6) is -0.514. The highest BCUT2D eigenvalue weighted by Crippen LogP contribution is 2.07. The van der Waals surface area contributed by atoms with Crippen LogP contribution in [0.1, 0.15) is 0 Å². The van der Waals surface area contributed by atoms with E-state index >= 15 is 0 Å². The molecule has 0 fully saturated rings. The normalized spacial score (nSPS) is 8.00. The number of ether oxygens (including phenoxy) is 1. The van der Waals surface area contributed by atoms with Crippen LogP contribution in [0.5, 0.6) is 5.75 Å². The monoisotopic (exact) mass is 209 g/mol. The molecule has 0 aliphatic heterocycles. The quantitative estimate of drug-likeness (QED) is 0.720. The standard InChI is InChI=1S/C7H7NO2.C3H4O2/c8-7(9)10-6-4-2-1-3-5-6;1-2-3(4)5/h1-5H,(H2,8,9);2H,1H2,(H,4,5). The van der Waals surface area contributed by atoms with E-state index in [4.69, 9.17) is 10.8 Å². The van der Waals surface area contributed by atoms with Gasteiger partial charge in [0.2, 0.25) is 0 Å². The van der Waals surface area contributed by atoms with Crippen molar-refractivity contribution in [2.24, 2.45) is 5.73 Å². The molecular formula is C10H11NO4. The molecule has 0 atom stereocenters. The first-order valence-electron chi connectivity index (χ1n) is 3.94. The van der Waals surface area contributed by atoms with Gasteiger partial charge < -0.3 is 15.6 Å². The minimum Gasteiger partial charge on any atom is -0.478 e. The maximum atomic E-state index is 10.2. The van der Waals surface area contributed by atoms with E-state index in [9.17, 15) is 9.59 Å². The smallest absolute Gasteiger partial charge is 0.409 e. The lowest BCUT2D eigenvalue weighted by atomic mass is 10.3. The molecule has 1 aromatic rings. The Morgan fingerprint density at radius 1 is 1.33 bits per heavy atom. The van der Waals surface area contributed by atoms with Gasteiger partial charge in [-0.1, -0.05) is 24.8 Å². The van der Waals surface area contributed by atoms with Crippen LogP contribution in [-0.4, -0.2) is 17.2 Å². The Bertz CT molecular complexity index is 335. The fourth-order valence-electron chi connectivity index (χ4n) is 0.605. The summed E-state index contributed by atoms with van der Waals surface area (Å²) < 4.78 is 4.55. The fraction of sp³-hybridized carbons (Fsp3) is 0. The Kier molecular flexibility index (Phi) is 6.04. The molecule has 0 aliphatic rings. The molecule has 0 saturated carbocycles. The van der Waals surface area contributed by atoms with E-state index in [0.717, 1.165) is 6.08 Å². The maximum Gasteiger partial charge on any atom is 0.409 e. The number of benzene rings is 1. The second-order valence-corrected chi connectivity index (χ2v) is 2.28. The number of carbonyl (C=O) groups excluding carboxylic acids is 1. The Labute approximate surface area is 86.8 Å². The van der Waals surface area contributed by atoms with E-state index in [0.29, 0.717) is 5.75 Å². The summed E-state index contributed by atoms with van der Waals surface area (Å²) >= 11 is 0. The number of primary amides is 1. The number of carbonyl (C=O) groups is 2. The molecule has 1 aromatic carbocycles. The van der Waals surface area contributed by atoms with Crippen LogP contribution < -0.4 is 10.5 Å². The third kappa shape index (κ3) is 8.04. The topological polar surface area (TPSA) is 89.6 Å². The molecule has 0 aromatic heterocycles. The number of carboxylic acid groups (broad SMARTS) is 1. The van der Waals surface area contributed by atoms with Gasteiger partial charge in [0.15, 0.2) is 0 Å². The number of hydrogen-bond donors (Lipinski definition) is 2. The van der Waals surface area contributed by atoms with Crippen LogP contribution in [0, 0.1) is 0 Å². The Morgan fingerprint density at radius 3 is 2.13 bits per heavy atom. The summed E-state index contributed by atoms with van der Waals surface area (Å²) in [6.45, 7) is 2.96. The lowest BCUT2D eigenvalue weighted by Gasteiger charge is -1.96. The van der Waals surface area contributed by atoms with Gasteiger partial charge in [0, 0.05) is 6.08 Å². The van der Waals surface area contributed by atoms with Crippen LogP contribution in [0.25, 0.3) is 0 Å². The summed E-state index contributed by atoms with van der Waals surface area (Å²) in [5.41, 5.74) is 4.76. The molecule has 15 heavy (non-hydrogen) atoms. The fourth-order valence-corrected chi connectivity index (χ4v) is 0.605. The van der Waals surface area contributed by atoms with Gasteiger partial charge in [-0.15, -0.1) is 0 Å². The number of hydrogen-bond acceptors (Lipinski definition) is 3. The summed E-state index contributed by atoms with van der Waals surface area (Å²) in [6, 6.07) is 8.67. The Hall–Kier alpha value is -2.30. The van der Waals surface area contributed by atoms with Gasteiger partial charge in [-0.3, -0.25) is 0 Å². The van der Waals surface area contributed by atoms with Crippen LogP contribution >= 0.6 is 0 Å². The van der Waals surface area contributed by atoms with E-state index in [1.165, 1.54) is 0 Å². The van der Waals surface area contributed by atoms with E-state index in [2.05, 4.69) is 11.3 Å². The third-order valence-electron chi connectivity index (χ3n) is 1.14. The van der Waals surface area contributed by atoms with Gasteiger partial charge in [-0.2, -0.15) is 0 Å². The predicted octanol–water partition coefficient (Wildman–Crippen LogP) is 1.40. The molecule has 5 heteroatoms. The van der Waals surface area contributed by atoms with Crippen molar-refractivity contribution < 1.29 is 19.4 Å². The number of nitrogens with two attached hydrogens (primary N) is 1. The van der Waals surface area contributed by atoms with Crippen LogP contribution in [-0.2, 0) is 4.79 Å². The van der Waals surface area contributed by atoms with Crippen molar-refractivity contribution in [2.45, 2.75) is 0 Å². The molecule has 80 valence electrons. The van der Waals surface area contributed by atoms with Crippen molar-refractivity contribution in [1.29, 1.82) is 0 Å². The molecule has 1 amide bonds. The SMILES string of the molecule is C=CC(=O)O.NC(=O)Oc1ccccc1. The highest BCUT2D eigenvalue weighted by molar-refractivity contribution is 5.78. The Balaban J connectivity index is 0.000000336. The van der Waals surface area contributed by atoms with E-state index in [1.54, 1.807) is 24.3 Å². The van der Waals surface area contributed by atoms with Crippen LogP contribution in [0.15, 0.2) is 43.0 Å². The highest BCUT2D eigenvalue weighted by Gasteiger charge is 1.93. The number of rotatable bonds is 2. The van der Waals surface area contributed by atoms with Crippen molar-refractivity contribution in [2.75, 3.05) is 0 Å². The number of aliphatic carboxylic acids is 1. The van der Waals surface area contributed by atoms with Crippen molar-refractivity contribution in [3.05, 3.63) is 43.0 Å². The first kappa shape index (κ1) is 12.7. The van der Waals surface area contributed by atoms with Gasteiger partial charge in [-0.25, -0.2) is 9.59 Å². The average molecular weight is 209 g/mol. The minimum atomic E-state index is -0.981. The van der Waals surface area contributed by atoms with Gasteiger partial charge >= 0.3 is 12.1 Å². The zero-order valence-corrected chi connectivity index (χ0v) is 7.92. The molecule has 0 unspecified atom stereocenters. The summed E-state index contributed by atoms with van der Waals surface area (Å²) in [7, 11) is 0. The molecule has 0 radical (unpaired) electrons. The number of amides is 1. The number of para-hydroxylation sites is 1. The largest absolute Gasteiger partial charge is 0.478 e. The van der Waals surface area contributed by atoms with Crippen molar-refractivity contribution in [1.82, 2.24) is 0 Å². The lowest BCUT2D eigenvalue weighted by Crippen LogP contribution is -2.15. The first-order valence-corrected chi connectivity index (χ1v) is 3.94. The Morgan fingerprint density at radius 2 is 1.80 bits per heavy atom. The number of carboxylic acids is 1. The summed E-state index contributed by atoms with van der Waals surface area (Å²) in [6.07, 6.45) is 0.0474. The van der Waals surface area contributed by atoms with Crippen LogP contribution in [0.4, 0.5) is 4.79 Å². The molecule has 0 saturated heterocycles. The maximum absolute atomic E-state index is 10.2. The van der Waals surface area contributed by atoms with Gasteiger partial charge in [0.05, 0.1) is 0 Å². The molecule has 0 aliphatic carbocycles. The molecule has 5 nitrogen and oxygen atoms in total. The molecule has 0 heterocycles. The summed E-state index contributed by atoms with van der Waals surface area (Å²) in [5, 5.41) is 7.60. The third-order valence-corrected chi connectivity index (χ3v) is 1.14. The second kappa shape index (κ2) is 7.14. The summed E-state index contributed by atoms with van der Waals surface area (Å²) in [4.78, 5) is 19.4. The second-order valence-electron chi connectivity index (χ2n) is 2.28. The first-order chi connectivity index (χ1) is 7.06. The lowest BCUT2D eigenvalue weighted by molar-refractivity contribution is -0.131. The molecule has 0 bridgehead atoms. The van der Waals surface area contributed by atoms with E-state index in [-0.39, 0.29) is 0 Å². The average Bonchev–Trinajstić information content (AvgIpc) is 2.19. The molecular weight excluding hydrogens is 198 g/mol. The molecule has 0 spiro atoms. The zero-order chi connectivity index (χ0) is 11.7. The van der Waals surface area contributed by atoms with Crippen molar-refractivity contribution in [3.63, 3.8) is 0 Å². The zero-order valence-electron chi connectivity index (χ0n) is 7.92. The predicted molar refractivity (Wildman–Crippen MR) is 54.5 cm³/mol. The minimum absolute atomic E-state index is 0.468. The van der Waals surface area contributed by atoms with Crippen LogP contribution in [0.3, 0.4) is 0 Å². The highest BCUT2D eigenvalue weighted by atomic mass is 16.5. The van der Waals surface area contributed by atoms with E-state index in [1.807, 2.05) is 6.07 Å².